The summed E-state index contributed by atoms with van der Waals surface area (Å²) in [6, 6.07) is 2.46. The van der Waals surface area contributed by atoms with E-state index in [1.165, 1.54) is 0 Å². The summed E-state index contributed by atoms with van der Waals surface area (Å²) in [5.74, 6) is -1.25. The third kappa shape index (κ3) is 4.97. The van der Waals surface area contributed by atoms with Crippen LogP contribution < -0.4 is 16.4 Å². The van der Waals surface area contributed by atoms with Crippen LogP contribution in [0.2, 0.25) is 0 Å². The van der Waals surface area contributed by atoms with Gasteiger partial charge in [-0.1, -0.05) is 6.92 Å². The molecule has 2 amide bonds. The van der Waals surface area contributed by atoms with Crippen molar-refractivity contribution in [2.75, 3.05) is 18.8 Å². The van der Waals surface area contributed by atoms with E-state index in [-0.39, 0.29) is 17.8 Å². The monoisotopic (exact) mass is 303 g/mol. The Labute approximate surface area is 119 Å². The standard InChI is InChI=1S/C13H16F3N3O2/c1-2-5-18-11(20)7-19-12(21)9-6-8(13(14,15)16)3-4-10(9)17/h3-4,6H,2,5,7,17H2,1H3,(H,18,20)(H,19,21). The molecular formula is C13H16F3N3O2. The fraction of sp³-hybridized carbons (Fsp3) is 0.385. The molecule has 0 bridgehead atoms. The zero-order valence-electron chi connectivity index (χ0n) is 11.4. The minimum Gasteiger partial charge on any atom is -0.398 e. The highest BCUT2D eigenvalue weighted by Crippen LogP contribution is 2.31. The van der Waals surface area contributed by atoms with Crippen LogP contribution in [0.1, 0.15) is 29.3 Å². The zero-order valence-corrected chi connectivity index (χ0v) is 11.4. The van der Waals surface area contributed by atoms with Gasteiger partial charge in [0.1, 0.15) is 0 Å². The predicted molar refractivity (Wildman–Crippen MR) is 71.5 cm³/mol. The number of nitrogens with two attached hydrogens (primary N) is 1. The smallest absolute Gasteiger partial charge is 0.398 e. The van der Waals surface area contributed by atoms with Crippen LogP contribution in [0, 0.1) is 0 Å². The molecule has 0 aliphatic carbocycles. The number of carbonyl (C=O) groups is 2. The van der Waals surface area contributed by atoms with Gasteiger partial charge in [0, 0.05) is 12.2 Å². The Hall–Kier alpha value is -2.25. The SMILES string of the molecule is CCCNC(=O)CNC(=O)c1cc(C(F)(F)F)ccc1N. The largest absolute Gasteiger partial charge is 0.416 e. The number of hydrogen-bond donors (Lipinski definition) is 3. The number of nitrogens with one attached hydrogen (secondary N) is 2. The van der Waals surface area contributed by atoms with Crippen molar-refractivity contribution in [2.45, 2.75) is 19.5 Å². The third-order valence-electron chi connectivity index (χ3n) is 2.61. The Morgan fingerprint density at radius 1 is 1.24 bits per heavy atom. The lowest BCUT2D eigenvalue weighted by atomic mass is 10.1. The number of amides is 2. The van der Waals surface area contributed by atoms with Crippen LogP contribution in [-0.2, 0) is 11.0 Å². The van der Waals surface area contributed by atoms with E-state index in [4.69, 9.17) is 5.73 Å². The molecule has 116 valence electrons. The van der Waals surface area contributed by atoms with Crippen molar-refractivity contribution in [1.82, 2.24) is 10.6 Å². The quantitative estimate of drug-likeness (QED) is 0.721. The minimum absolute atomic E-state index is 0.0885. The van der Waals surface area contributed by atoms with Crippen molar-refractivity contribution in [2.24, 2.45) is 0 Å². The topological polar surface area (TPSA) is 84.2 Å². The van der Waals surface area contributed by atoms with Gasteiger partial charge in [0.05, 0.1) is 17.7 Å². The van der Waals surface area contributed by atoms with Crippen molar-refractivity contribution in [1.29, 1.82) is 0 Å². The molecule has 0 aliphatic rings. The summed E-state index contributed by atoms with van der Waals surface area (Å²) in [6.45, 7) is 2.00. The van der Waals surface area contributed by atoms with Gasteiger partial charge < -0.3 is 16.4 Å². The molecule has 0 saturated heterocycles. The van der Waals surface area contributed by atoms with E-state index < -0.39 is 23.6 Å². The first-order chi connectivity index (χ1) is 9.75. The Morgan fingerprint density at radius 3 is 2.48 bits per heavy atom. The van der Waals surface area contributed by atoms with Gasteiger partial charge in [-0.15, -0.1) is 0 Å². The first-order valence-corrected chi connectivity index (χ1v) is 6.27. The van der Waals surface area contributed by atoms with Gasteiger partial charge in [-0.05, 0) is 24.6 Å². The average molecular weight is 303 g/mol. The summed E-state index contributed by atoms with van der Waals surface area (Å²) in [4.78, 5) is 23.1. The first-order valence-electron chi connectivity index (χ1n) is 6.27. The second-order valence-electron chi connectivity index (χ2n) is 4.33. The van der Waals surface area contributed by atoms with Gasteiger partial charge >= 0.3 is 6.18 Å². The molecule has 0 radical (unpaired) electrons. The predicted octanol–water partition coefficient (Wildman–Crippen LogP) is 1.54. The lowest BCUT2D eigenvalue weighted by Gasteiger charge is -2.11. The zero-order chi connectivity index (χ0) is 16.0. The molecule has 4 N–H and O–H groups in total. The maximum atomic E-state index is 12.6. The molecular weight excluding hydrogens is 287 g/mol. The van der Waals surface area contributed by atoms with Gasteiger partial charge in [0.25, 0.3) is 5.91 Å². The summed E-state index contributed by atoms with van der Waals surface area (Å²) in [5.41, 5.74) is 4.12. The van der Waals surface area contributed by atoms with Gasteiger partial charge in [0.15, 0.2) is 0 Å². The molecule has 1 rings (SSSR count). The Kier molecular flexibility index (Phi) is 5.57. The molecule has 0 aromatic heterocycles. The van der Waals surface area contributed by atoms with Gasteiger partial charge in [-0.3, -0.25) is 9.59 Å². The second kappa shape index (κ2) is 6.96. The molecule has 5 nitrogen and oxygen atoms in total. The molecule has 0 heterocycles. The molecule has 0 atom stereocenters. The Bertz CT molecular complexity index is 530. The van der Waals surface area contributed by atoms with Crippen molar-refractivity contribution >= 4 is 17.5 Å². The lowest BCUT2D eigenvalue weighted by Crippen LogP contribution is -2.37. The third-order valence-corrected chi connectivity index (χ3v) is 2.61. The van der Waals surface area contributed by atoms with Crippen LogP contribution in [-0.4, -0.2) is 24.9 Å². The molecule has 0 unspecified atom stereocenters. The summed E-state index contributed by atoms with van der Waals surface area (Å²) in [7, 11) is 0. The number of hydrogen-bond acceptors (Lipinski definition) is 3. The van der Waals surface area contributed by atoms with E-state index in [0.29, 0.717) is 12.6 Å². The minimum atomic E-state index is -4.57. The number of rotatable bonds is 5. The number of alkyl halides is 3. The van der Waals surface area contributed by atoms with Crippen LogP contribution in [0.5, 0.6) is 0 Å². The molecule has 1 aromatic carbocycles. The van der Waals surface area contributed by atoms with Gasteiger partial charge in [-0.25, -0.2) is 0 Å². The molecule has 1 aromatic rings. The van der Waals surface area contributed by atoms with Crippen molar-refractivity contribution in [3.8, 4) is 0 Å². The van der Waals surface area contributed by atoms with Crippen LogP contribution in [0.15, 0.2) is 18.2 Å². The fourth-order valence-corrected chi connectivity index (χ4v) is 1.51. The number of nitrogen functional groups attached to an aromatic ring is 1. The second-order valence-corrected chi connectivity index (χ2v) is 4.33. The maximum Gasteiger partial charge on any atom is 0.416 e. The summed E-state index contributed by atoms with van der Waals surface area (Å²) >= 11 is 0. The van der Waals surface area contributed by atoms with E-state index in [1.807, 2.05) is 6.92 Å². The molecule has 0 saturated carbocycles. The first kappa shape index (κ1) is 16.8. The average Bonchev–Trinajstić information content (AvgIpc) is 2.41. The number of anilines is 1. The number of benzene rings is 1. The van der Waals surface area contributed by atoms with Crippen molar-refractivity contribution in [3.05, 3.63) is 29.3 Å². The summed E-state index contributed by atoms with van der Waals surface area (Å²) in [5, 5.41) is 4.75. The van der Waals surface area contributed by atoms with Crippen LogP contribution in [0.3, 0.4) is 0 Å². The highest BCUT2D eigenvalue weighted by molar-refractivity contribution is 6.00. The lowest BCUT2D eigenvalue weighted by molar-refractivity contribution is -0.137. The van der Waals surface area contributed by atoms with E-state index in [9.17, 15) is 22.8 Å². The van der Waals surface area contributed by atoms with E-state index in [0.717, 1.165) is 18.6 Å². The molecule has 0 spiro atoms. The molecule has 0 fully saturated rings. The summed E-state index contributed by atoms with van der Waals surface area (Å²) < 4.78 is 37.7. The molecule has 8 heteroatoms. The highest BCUT2D eigenvalue weighted by Gasteiger charge is 2.31. The van der Waals surface area contributed by atoms with Crippen molar-refractivity contribution < 1.29 is 22.8 Å². The fourth-order valence-electron chi connectivity index (χ4n) is 1.51. The normalized spacial score (nSPS) is 11.0. The maximum absolute atomic E-state index is 12.6. The highest BCUT2D eigenvalue weighted by atomic mass is 19.4. The summed E-state index contributed by atoms with van der Waals surface area (Å²) in [6.07, 6.45) is -3.83. The van der Waals surface area contributed by atoms with Gasteiger partial charge in [-0.2, -0.15) is 13.2 Å². The van der Waals surface area contributed by atoms with Crippen LogP contribution in [0.4, 0.5) is 18.9 Å². The van der Waals surface area contributed by atoms with E-state index >= 15 is 0 Å². The van der Waals surface area contributed by atoms with Gasteiger partial charge in [0.2, 0.25) is 5.91 Å². The van der Waals surface area contributed by atoms with E-state index in [2.05, 4.69) is 10.6 Å². The molecule has 21 heavy (non-hydrogen) atoms. The van der Waals surface area contributed by atoms with Crippen molar-refractivity contribution in [3.63, 3.8) is 0 Å². The van der Waals surface area contributed by atoms with Crippen LogP contribution >= 0.6 is 0 Å². The number of halogens is 3. The molecule has 0 aliphatic heterocycles. The van der Waals surface area contributed by atoms with E-state index in [1.54, 1.807) is 0 Å². The Morgan fingerprint density at radius 2 is 1.90 bits per heavy atom. The number of carbonyl (C=O) groups excluding carboxylic acids is 2. The van der Waals surface area contributed by atoms with Crippen LogP contribution in [0.25, 0.3) is 0 Å². The Balaban J connectivity index is 2.76.